The van der Waals surface area contributed by atoms with E-state index < -0.39 is 5.41 Å². The van der Waals surface area contributed by atoms with Crippen LogP contribution in [0.15, 0.2) is 0 Å². The molecule has 4 nitrogen and oxygen atoms in total. The molecule has 0 radical (unpaired) electrons. The average molecular weight is 224 g/mol. The molecule has 16 heavy (non-hydrogen) atoms. The summed E-state index contributed by atoms with van der Waals surface area (Å²) in [7, 11) is 0. The zero-order chi connectivity index (χ0) is 12.3. The van der Waals surface area contributed by atoms with Crippen LogP contribution in [0.5, 0.6) is 0 Å². The Kier molecular flexibility index (Phi) is 3.93. The summed E-state index contributed by atoms with van der Waals surface area (Å²) in [5.74, 6) is 0.337. The minimum atomic E-state index is -0.821. The highest BCUT2D eigenvalue weighted by Crippen LogP contribution is 2.46. The summed E-state index contributed by atoms with van der Waals surface area (Å²) in [4.78, 5) is 13.9. The van der Waals surface area contributed by atoms with Gasteiger partial charge < -0.3 is 10.0 Å². The first-order valence-corrected chi connectivity index (χ1v) is 5.80. The summed E-state index contributed by atoms with van der Waals surface area (Å²) < 4.78 is 0. The Morgan fingerprint density at radius 1 is 1.62 bits per heavy atom. The van der Waals surface area contributed by atoms with Gasteiger partial charge in [0.15, 0.2) is 0 Å². The smallest absolute Gasteiger partial charge is 0.243 e. The first kappa shape index (κ1) is 13.0. The molecule has 0 aliphatic heterocycles. The molecule has 4 heteroatoms. The molecule has 1 saturated carbocycles. The van der Waals surface area contributed by atoms with Crippen LogP contribution in [0.4, 0.5) is 0 Å². The van der Waals surface area contributed by atoms with Gasteiger partial charge in [0.25, 0.3) is 0 Å². The molecule has 1 fully saturated rings. The molecule has 0 aromatic rings. The standard InChI is InChI=1S/C12H20N2O2/c1-9(2)14(4-5-15)11(16)12(8-13)6-10(3)7-12/h9-10,15H,4-7H2,1-3H3. The van der Waals surface area contributed by atoms with E-state index in [1.54, 1.807) is 4.90 Å². The molecule has 0 heterocycles. The summed E-state index contributed by atoms with van der Waals surface area (Å²) in [6.45, 7) is 6.12. The highest BCUT2D eigenvalue weighted by atomic mass is 16.3. The lowest BCUT2D eigenvalue weighted by atomic mass is 9.62. The van der Waals surface area contributed by atoms with Crippen molar-refractivity contribution in [2.75, 3.05) is 13.2 Å². The van der Waals surface area contributed by atoms with E-state index in [-0.39, 0.29) is 18.6 Å². The number of aliphatic hydroxyl groups is 1. The van der Waals surface area contributed by atoms with Gasteiger partial charge in [-0.05, 0) is 32.6 Å². The molecule has 1 rings (SSSR count). The van der Waals surface area contributed by atoms with E-state index in [0.29, 0.717) is 25.3 Å². The monoisotopic (exact) mass is 224 g/mol. The van der Waals surface area contributed by atoms with E-state index in [9.17, 15) is 4.79 Å². The molecular weight excluding hydrogens is 204 g/mol. The number of carbonyl (C=O) groups excluding carboxylic acids is 1. The minimum Gasteiger partial charge on any atom is -0.395 e. The van der Waals surface area contributed by atoms with Gasteiger partial charge in [0.05, 0.1) is 12.7 Å². The average Bonchev–Trinajstić information content (AvgIpc) is 2.19. The molecule has 0 aromatic heterocycles. The summed E-state index contributed by atoms with van der Waals surface area (Å²) in [5.41, 5.74) is -0.821. The zero-order valence-electron chi connectivity index (χ0n) is 10.2. The number of carbonyl (C=O) groups is 1. The summed E-state index contributed by atoms with van der Waals surface area (Å²) >= 11 is 0. The SMILES string of the molecule is CC1CC(C#N)(C(=O)N(CCO)C(C)C)C1. The second-order valence-electron chi connectivity index (χ2n) is 5.02. The fourth-order valence-electron chi connectivity index (χ4n) is 2.42. The summed E-state index contributed by atoms with van der Waals surface area (Å²) in [5, 5.41) is 18.1. The van der Waals surface area contributed by atoms with Gasteiger partial charge in [-0.25, -0.2) is 0 Å². The van der Waals surface area contributed by atoms with Crippen LogP contribution in [0.2, 0.25) is 0 Å². The minimum absolute atomic E-state index is 0.0285. The van der Waals surface area contributed by atoms with E-state index in [4.69, 9.17) is 10.4 Å². The van der Waals surface area contributed by atoms with Crippen LogP contribution in [0.3, 0.4) is 0 Å². The van der Waals surface area contributed by atoms with Gasteiger partial charge in [-0.3, -0.25) is 4.79 Å². The van der Waals surface area contributed by atoms with Gasteiger partial charge in [0.2, 0.25) is 5.91 Å². The lowest BCUT2D eigenvalue weighted by Crippen LogP contribution is -2.52. The number of hydrogen-bond donors (Lipinski definition) is 1. The maximum absolute atomic E-state index is 12.2. The molecule has 1 amide bonds. The number of rotatable bonds is 4. The van der Waals surface area contributed by atoms with E-state index in [0.717, 1.165) is 0 Å². The van der Waals surface area contributed by atoms with Crippen LogP contribution in [0.25, 0.3) is 0 Å². The highest BCUT2D eigenvalue weighted by Gasteiger charge is 2.50. The molecule has 0 aromatic carbocycles. The van der Waals surface area contributed by atoms with Crippen LogP contribution in [-0.2, 0) is 4.79 Å². The van der Waals surface area contributed by atoms with Crippen molar-refractivity contribution < 1.29 is 9.90 Å². The third-order valence-electron chi connectivity index (χ3n) is 3.24. The lowest BCUT2D eigenvalue weighted by molar-refractivity contribution is -0.147. The normalized spacial score (nSPS) is 28.4. The second-order valence-corrected chi connectivity index (χ2v) is 5.02. The maximum atomic E-state index is 12.2. The Balaban J connectivity index is 2.78. The molecule has 0 spiro atoms. The predicted octanol–water partition coefficient (Wildman–Crippen LogP) is 1.16. The van der Waals surface area contributed by atoms with Crippen molar-refractivity contribution in [1.82, 2.24) is 4.90 Å². The third-order valence-corrected chi connectivity index (χ3v) is 3.24. The predicted molar refractivity (Wildman–Crippen MR) is 60.4 cm³/mol. The van der Waals surface area contributed by atoms with Crippen LogP contribution < -0.4 is 0 Å². The van der Waals surface area contributed by atoms with E-state index in [1.165, 1.54) is 0 Å². The quantitative estimate of drug-likeness (QED) is 0.779. The molecule has 1 aliphatic carbocycles. The number of nitriles is 1. The van der Waals surface area contributed by atoms with Gasteiger partial charge in [-0.2, -0.15) is 5.26 Å². The molecule has 1 aliphatic rings. The first-order valence-electron chi connectivity index (χ1n) is 5.80. The molecule has 0 bridgehead atoms. The number of nitrogens with zero attached hydrogens (tertiary/aromatic N) is 2. The highest BCUT2D eigenvalue weighted by molar-refractivity contribution is 5.86. The number of hydrogen-bond acceptors (Lipinski definition) is 3. The van der Waals surface area contributed by atoms with Crippen molar-refractivity contribution in [3.63, 3.8) is 0 Å². The van der Waals surface area contributed by atoms with Gasteiger partial charge in [-0.1, -0.05) is 6.92 Å². The fourth-order valence-corrected chi connectivity index (χ4v) is 2.42. The van der Waals surface area contributed by atoms with Crippen LogP contribution in [0.1, 0.15) is 33.6 Å². The molecule has 1 N–H and O–H groups in total. The maximum Gasteiger partial charge on any atom is 0.243 e. The first-order chi connectivity index (χ1) is 7.46. The topological polar surface area (TPSA) is 64.3 Å². The third kappa shape index (κ3) is 2.19. The fraction of sp³-hybridized carbons (Fsp3) is 0.833. The number of amides is 1. The van der Waals surface area contributed by atoms with Gasteiger partial charge >= 0.3 is 0 Å². The molecule has 0 saturated heterocycles. The summed E-state index contributed by atoms with van der Waals surface area (Å²) in [6.07, 6.45) is 1.30. The Morgan fingerprint density at radius 3 is 2.50 bits per heavy atom. The van der Waals surface area contributed by atoms with Crippen LogP contribution in [0, 0.1) is 22.7 Å². The van der Waals surface area contributed by atoms with Crippen molar-refractivity contribution in [3.8, 4) is 6.07 Å². The molecule has 90 valence electrons. The molecule has 0 unspecified atom stereocenters. The van der Waals surface area contributed by atoms with Gasteiger partial charge in [0.1, 0.15) is 5.41 Å². The number of aliphatic hydroxyl groups excluding tert-OH is 1. The van der Waals surface area contributed by atoms with Crippen LogP contribution in [-0.4, -0.2) is 35.1 Å². The van der Waals surface area contributed by atoms with Crippen molar-refractivity contribution in [2.24, 2.45) is 11.3 Å². The lowest BCUT2D eigenvalue weighted by Gasteiger charge is -2.43. The largest absolute Gasteiger partial charge is 0.395 e. The van der Waals surface area contributed by atoms with E-state index in [1.807, 2.05) is 13.8 Å². The van der Waals surface area contributed by atoms with Crippen molar-refractivity contribution in [2.45, 2.75) is 39.7 Å². The second kappa shape index (κ2) is 4.84. The summed E-state index contributed by atoms with van der Waals surface area (Å²) in [6, 6.07) is 2.19. The zero-order valence-corrected chi connectivity index (χ0v) is 10.2. The van der Waals surface area contributed by atoms with E-state index in [2.05, 4.69) is 13.0 Å². The van der Waals surface area contributed by atoms with Crippen molar-refractivity contribution in [1.29, 1.82) is 5.26 Å². The van der Waals surface area contributed by atoms with E-state index >= 15 is 0 Å². The Bertz CT molecular complexity index is 301. The van der Waals surface area contributed by atoms with Gasteiger partial charge in [-0.15, -0.1) is 0 Å². The Labute approximate surface area is 96.9 Å². The molecule has 0 atom stereocenters. The van der Waals surface area contributed by atoms with Crippen LogP contribution >= 0.6 is 0 Å². The Morgan fingerprint density at radius 2 is 2.19 bits per heavy atom. The van der Waals surface area contributed by atoms with Gasteiger partial charge in [0, 0.05) is 12.6 Å². The Hall–Kier alpha value is -1.08. The van der Waals surface area contributed by atoms with Crippen molar-refractivity contribution in [3.05, 3.63) is 0 Å². The van der Waals surface area contributed by atoms with Crippen molar-refractivity contribution >= 4 is 5.91 Å². The molecular formula is C12H20N2O2.